The number of benzene rings is 1. The van der Waals surface area contributed by atoms with Gasteiger partial charge in [0.1, 0.15) is 13.0 Å². The molecule has 0 fully saturated rings. The van der Waals surface area contributed by atoms with Gasteiger partial charge in [-0.25, -0.2) is 4.79 Å². The number of rotatable bonds is 4. The summed E-state index contributed by atoms with van der Waals surface area (Å²) in [6.45, 7) is 2.07. The zero-order valence-corrected chi connectivity index (χ0v) is 9.37. The van der Waals surface area contributed by atoms with Gasteiger partial charge in [0.25, 0.3) is 0 Å². The molecule has 1 aromatic rings. The molecule has 1 rings (SSSR count). The molecule has 0 saturated carbocycles. The van der Waals surface area contributed by atoms with Gasteiger partial charge in [0.2, 0.25) is 0 Å². The van der Waals surface area contributed by atoms with Gasteiger partial charge in [-0.15, -0.1) is 0 Å². The zero-order chi connectivity index (χ0) is 11.3. The molecule has 0 amide bonds. The van der Waals surface area contributed by atoms with E-state index in [1.54, 1.807) is 19.2 Å². The molecule has 0 aromatic heterocycles. The number of hydrogen-bond acceptors (Lipinski definition) is 3. The largest absolute Gasteiger partial charge is 0.497 e. The number of carbonyl (C=O) groups is 1. The maximum atomic E-state index is 11.4. The molecule has 3 nitrogen and oxygen atoms in total. The maximum Gasteiger partial charge on any atom is 0.338 e. The molecule has 0 N–H and O–H groups in total. The molecule has 0 bridgehead atoms. The van der Waals surface area contributed by atoms with Gasteiger partial charge in [0.05, 0.1) is 19.8 Å². The highest BCUT2D eigenvalue weighted by atomic mass is 16.5. The van der Waals surface area contributed by atoms with Gasteiger partial charge in [0.15, 0.2) is 0 Å². The van der Waals surface area contributed by atoms with Crippen LogP contribution in [0.2, 0.25) is 6.82 Å². The van der Waals surface area contributed by atoms with E-state index in [1.807, 2.05) is 6.07 Å². The van der Waals surface area contributed by atoms with E-state index in [1.165, 1.54) is 7.11 Å². The minimum Gasteiger partial charge on any atom is -0.497 e. The first-order valence-electron chi connectivity index (χ1n) is 4.98. The Hall–Kier alpha value is -1.45. The van der Waals surface area contributed by atoms with E-state index in [0.29, 0.717) is 5.56 Å². The second-order valence-electron chi connectivity index (χ2n) is 3.26. The molecule has 0 spiro atoms. The molecule has 1 aromatic carbocycles. The second kappa shape index (κ2) is 5.44. The fourth-order valence-corrected chi connectivity index (χ4v) is 1.48. The number of ether oxygens (including phenoxy) is 2. The molecule has 0 radical (unpaired) electrons. The fraction of sp³-hybridized carbons (Fsp3) is 0.364. The van der Waals surface area contributed by atoms with Crippen LogP contribution >= 0.6 is 0 Å². The van der Waals surface area contributed by atoms with Crippen molar-refractivity contribution in [2.75, 3.05) is 14.2 Å². The van der Waals surface area contributed by atoms with E-state index in [0.717, 1.165) is 24.9 Å². The Balaban J connectivity index is 3.08. The first kappa shape index (κ1) is 11.6. The average molecular weight is 206 g/mol. The lowest BCUT2D eigenvalue weighted by atomic mass is 9.74. The standard InChI is InChI=1S/C11H15BO3/c1-12-7-8-6-9(14-2)4-5-10(8)11(13)15-3/h4-6,12H,7H2,1-3H3. The zero-order valence-electron chi connectivity index (χ0n) is 9.37. The van der Waals surface area contributed by atoms with Crippen LogP contribution in [0.3, 0.4) is 0 Å². The number of hydrogen-bond donors (Lipinski definition) is 0. The molecule has 0 unspecified atom stereocenters. The first-order valence-corrected chi connectivity index (χ1v) is 4.98. The highest BCUT2D eigenvalue weighted by Gasteiger charge is 2.11. The highest BCUT2D eigenvalue weighted by molar-refractivity contribution is 6.33. The summed E-state index contributed by atoms with van der Waals surface area (Å²) < 4.78 is 9.83. The van der Waals surface area contributed by atoms with Gasteiger partial charge in [-0.2, -0.15) is 0 Å². The molecular formula is C11H15BO3. The van der Waals surface area contributed by atoms with Crippen LogP contribution in [-0.4, -0.2) is 27.5 Å². The summed E-state index contributed by atoms with van der Waals surface area (Å²) in [6.07, 6.45) is 0.849. The third-order valence-electron chi connectivity index (χ3n) is 2.24. The van der Waals surface area contributed by atoms with Crippen molar-refractivity contribution in [1.29, 1.82) is 0 Å². The Bertz CT molecular complexity index is 350. The summed E-state index contributed by atoms with van der Waals surface area (Å²) in [7, 11) is 3.99. The van der Waals surface area contributed by atoms with E-state index < -0.39 is 0 Å². The number of methoxy groups -OCH3 is 2. The Morgan fingerprint density at radius 1 is 1.40 bits per heavy atom. The summed E-state index contributed by atoms with van der Waals surface area (Å²) in [5.41, 5.74) is 1.60. The summed E-state index contributed by atoms with van der Waals surface area (Å²) in [6, 6.07) is 5.40. The molecule has 4 heteroatoms. The van der Waals surface area contributed by atoms with E-state index >= 15 is 0 Å². The Morgan fingerprint density at radius 3 is 2.67 bits per heavy atom. The van der Waals surface area contributed by atoms with Crippen LogP contribution in [-0.2, 0) is 11.1 Å². The minimum atomic E-state index is -0.291. The maximum absolute atomic E-state index is 11.4. The van der Waals surface area contributed by atoms with E-state index in [2.05, 4.69) is 6.82 Å². The van der Waals surface area contributed by atoms with Gasteiger partial charge in [-0.3, -0.25) is 0 Å². The molecular weight excluding hydrogens is 191 g/mol. The van der Waals surface area contributed by atoms with Crippen LogP contribution in [0.5, 0.6) is 5.75 Å². The van der Waals surface area contributed by atoms with Crippen molar-refractivity contribution in [3.8, 4) is 5.75 Å². The van der Waals surface area contributed by atoms with Crippen molar-refractivity contribution in [3.05, 3.63) is 29.3 Å². The third kappa shape index (κ3) is 2.75. The van der Waals surface area contributed by atoms with Crippen molar-refractivity contribution < 1.29 is 14.3 Å². The summed E-state index contributed by atoms with van der Waals surface area (Å²) in [5.74, 6) is 0.479. The predicted molar refractivity (Wildman–Crippen MR) is 61.1 cm³/mol. The van der Waals surface area contributed by atoms with Gasteiger partial charge < -0.3 is 9.47 Å². The van der Waals surface area contributed by atoms with Gasteiger partial charge in [-0.1, -0.05) is 13.1 Å². The van der Waals surface area contributed by atoms with Crippen LogP contribution < -0.4 is 4.74 Å². The lowest BCUT2D eigenvalue weighted by molar-refractivity contribution is 0.0600. The third-order valence-corrected chi connectivity index (χ3v) is 2.24. The SMILES string of the molecule is CBCc1cc(OC)ccc1C(=O)OC. The molecule has 0 aliphatic rings. The second-order valence-corrected chi connectivity index (χ2v) is 3.26. The lowest BCUT2D eigenvalue weighted by Gasteiger charge is -2.08. The monoisotopic (exact) mass is 206 g/mol. The van der Waals surface area contributed by atoms with E-state index in [9.17, 15) is 4.79 Å². The quantitative estimate of drug-likeness (QED) is 0.552. The highest BCUT2D eigenvalue weighted by Crippen LogP contribution is 2.18. The van der Waals surface area contributed by atoms with Crippen LogP contribution in [0.25, 0.3) is 0 Å². The van der Waals surface area contributed by atoms with Gasteiger partial charge in [-0.05, 0) is 23.8 Å². The van der Waals surface area contributed by atoms with Crippen molar-refractivity contribution >= 4 is 13.2 Å². The Kier molecular flexibility index (Phi) is 4.22. The van der Waals surface area contributed by atoms with E-state index in [-0.39, 0.29) is 5.97 Å². The fourth-order valence-electron chi connectivity index (χ4n) is 1.48. The summed E-state index contributed by atoms with van der Waals surface area (Å²) >= 11 is 0. The van der Waals surface area contributed by atoms with Crippen LogP contribution in [0, 0.1) is 0 Å². The molecule has 0 heterocycles. The molecule has 15 heavy (non-hydrogen) atoms. The van der Waals surface area contributed by atoms with E-state index in [4.69, 9.17) is 9.47 Å². The van der Waals surface area contributed by atoms with Crippen molar-refractivity contribution in [2.24, 2.45) is 0 Å². The van der Waals surface area contributed by atoms with Crippen molar-refractivity contribution in [2.45, 2.75) is 13.1 Å². The van der Waals surface area contributed by atoms with Crippen molar-refractivity contribution in [3.63, 3.8) is 0 Å². The molecule has 0 aliphatic carbocycles. The van der Waals surface area contributed by atoms with Crippen LogP contribution in [0.4, 0.5) is 0 Å². The van der Waals surface area contributed by atoms with Gasteiger partial charge in [0, 0.05) is 0 Å². The Labute approximate surface area is 90.6 Å². The molecule has 0 atom stereocenters. The van der Waals surface area contributed by atoms with Gasteiger partial charge >= 0.3 is 5.97 Å². The minimum absolute atomic E-state index is 0.291. The lowest BCUT2D eigenvalue weighted by Crippen LogP contribution is -2.07. The predicted octanol–water partition coefficient (Wildman–Crippen LogP) is 1.47. The normalized spacial score (nSPS) is 9.53. The number of carbonyl (C=O) groups excluding carboxylic acids is 1. The first-order chi connectivity index (χ1) is 7.22. The number of esters is 1. The molecule has 0 saturated heterocycles. The molecule has 80 valence electrons. The smallest absolute Gasteiger partial charge is 0.338 e. The van der Waals surface area contributed by atoms with Crippen LogP contribution in [0.1, 0.15) is 15.9 Å². The summed E-state index contributed by atoms with van der Waals surface area (Å²) in [5, 5.41) is 0. The average Bonchev–Trinajstić information content (AvgIpc) is 2.28. The van der Waals surface area contributed by atoms with Crippen molar-refractivity contribution in [1.82, 2.24) is 0 Å². The molecule has 0 aliphatic heterocycles. The summed E-state index contributed by atoms with van der Waals surface area (Å²) in [4.78, 5) is 11.4. The van der Waals surface area contributed by atoms with Crippen LogP contribution in [0.15, 0.2) is 18.2 Å². The topological polar surface area (TPSA) is 35.5 Å². The Morgan fingerprint density at radius 2 is 2.13 bits per heavy atom.